The molecule has 1 atom stereocenters. The summed E-state index contributed by atoms with van der Waals surface area (Å²) in [5.74, 6) is -0.295. The highest BCUT2D eigenvalue weighted by molar-refractivity contribution is 5.93. The zero-order chi connectivity index (χ0) is 16.3. The van der Waals surface area contributed by atoms with Gasteiger partial charge in [-0.25, -0.2) is 0 Å². The standard InChI is InChI=1S/C15H25N5O2/c1-11(2)20-13(5-6-17-20)15(22)19-8-7-18(4)9-12(10-19)14(21)16-3/h5-6,11-12H,7-10H2,1-4H3,(H,16,21). The van der Waals surface area contributed by atoms with Crippen molar-refractivity contribution in [3.05, 3.63) is 18.0 Å². The van der Waals surface area contributed by atoms with Crippen LogP contribution < -0.4 is 5.32 Å². The summed E-state index contributed by atoms with van der Waals surface area (Å²) in [6, 6.07) is 1.87. The first-order valence-corrected chi connectivity index (χ1v) is 7.67. The first-order valence-electron chi connectivity index (χ1n) is 7.67. The molecule has 1 aromatic rings. The lowest BCUT2D eigenvalue weighted by atomic mass is 10.1. The fraction of sp³-hybridized carbons (Fsp3) is 0.667. The highest BCUT2D eigenvalue weighted by Crippen LogP contribution is 2.15. The third-order valence-corrected chi connectivity index (χ3v) is 4.01. The predicted octanol–water partition coefficient (Wildman–Crippen LogP) is 0.214. The molecule has 122 valence electrons. The summed E-state index contributed by atoms with van der Waals surface area (Å²) in [6.07, 6.45) is 1.65. The molecule has 1 aliphatic heterocycles. The van der Waals surface area contributed by atoms with Gasteiger partial charge in [-0.2, -0.15) is 5.10 Å². The fourth-order valence-electron chi connectivity index (χ4n) is 2.79. The summed E-state index contributed by atoms with van der Waals surface area (Å²) in [4.78, 5) is 28.7. The zero-order valence-electron chi connectivity index (χ0n) is 13.7. The van der Waals surface area contributed by atoms with Crippen LogP contribution in [0.2, 0.25) is 0 Å². The van der Waals surface area contributed by atoms with Crippen LogP contribution in [0.25, 0.3) is 0 Å². The molecule has 0 spiro atoms. The van der Waals surface area contributed by atoms with Gasteiger partial charge in [0.2, 0.25) is 5.91 Å². The number of nitrogens with one attached hydrogen (secondary N) is 1. The molecule has 22 heavy (non-hydrogen) atoms. The summed E-state index contributed by atoms with van der Waals surface area (Å²) >= 11 is 0. The summed E-state index contributed by atoms with van der Waals surface area (Å²) in [5.41, 5.74) is 0.579. The Labute approximate surface area is 131 Å². The Hall–Kier alpha value is -1.89. The minimum Gasteiger partial charge on any atom is -0.359 e. The van der Waals surface area contributed by atoms with E-state index in [2.05, 4.69) is 15.3 Å². The second kappa shape index (κ2) is 6.91. The average Bonchev–Trinajstić information content (AvgIpc) is 2.90. The van der Waals surface area contributed by atoms with E-state index in [0.29, 0.717) is 25.3 Å². The molecule has 2 heterocycles. The minimum atomic E-state index is -0.211. The van der Waals surface area contributed by atoms with Crippen LogP contribution in [-0.2, 0) is 4.79 Å². The maximum Gasteiger partial charge on any atom is 0.272 e. The summed E-state index contributed by atoms with van der Waals surface area (Å²) in [6.45, 7) is 6.46. The quantitative estimate of drug-likeness (QED) is 0.867. The maximum atomic E-state index is 12.8. The molecule has 1 aromatic heterocycles. The average molecular weight is 307 g/mol. The van der Waals surface area contributed by atoms with E-state index in [1.54, 1.807) is 28.9 Å². The van der Waals surface area contributed by atoms with E-state index in [-0.39, 0.29) is 23.8 Å². The van der Waals surface area contributed by atoms with Gasteiger partial charge >= 0.3 is 0 Å². The van der Waals surface area contributed by atoms with Crippen LogP contribution in [0.3, 0.4) is 0 Å². The number of aromatic nitrogens is 2. The SMILES string of the molecule is CNC(=O)C1CN(C)CCN(C(=O)c2ccnn2C(C)C)C1. The minimum absolute atomic E-state index is 0.0242. The van der Waals surface area contributed by atoms with Gasteiger partial charge in [0.25, 0.3) is 5.91 Å². The Bertz CT molecular complexity index is 540. The van der Waals surface area contributed by atoms with Gasteiger partial charge in [-0.15, -0.1) is 0 Å². The molecule has 1 aliphatic rings. The van der Waals surface area contributed by atoms with Crippen LogP contribution in [0.1, 0.15) is 30.4 Å². The van der Waals surface area contributed by atoms with Crippen LogP contribution >= 0.6 is 0 Å². The second-order valence-corrected chi connectivity index (χ2v) is 6.08. The van der Waals surface area contributed by atoms with Crippen molar-refractivity contribution < 1.29 is 9.59 Å². The van der Waals surface area contributed by atoms with Crippen molar-refractivity contribution in [3.63, 3.8) is 0 Å². The predicted molar refractivity (Wildman–Crippen MR) is 83.6 cm³/mol. The van der Waals surface area contributed by atoms with Crippen molar-refractivity contribution in [1.29, 1.82) is 0 Å². The third-order valence-electron chi connectivity index (χ3n) is 4.01. The Morgan fingerprint density at radius 2 is 2.05 bits per heavy atom. The largest absolute Gasteiger partial charge is 0.359 e. The highest BCUT2D eigenvalue weighted by Gasteiger charge is 2.30. The number of hydrogen-bond acceptors (Lipinski definition) is 4. The molecule has 1 fully saturated rings. The van der Waals surface area contributed by atoms with Crippen LogP contribution in [0.15, 0.2) is 12.3 Å². The fourth-order valence-corrected chi connectivity index (χ4v) is 2.79. The van der Waals surface area contributed by atoms with Crippen molar-refractivity contribution in [2.75, 3.05) is 40.3 Å². The van der Waals surface area contributed by atoms with E-state index >= 15 is 0 Å². The Balaban J connectivity index is 2.20. The number of likely N-dealkylation sites (N-methyl/N-ethyl adjacent to an activating group) is 1. The highest BCUT2D eigenvalue weighted by atomic mass is 16.2. The molecule has 1 unspecified atom stereocenters. The number of amides is 2. The molecule has 0 aliphatic carbocycles. The van der Waals surface area contributed by atoms with Gasteiger partial charge in [-0.3, -0.25) is 14.3 Å². The van der Waals surface area contributed by atoms with E-state index in [4.69, 9.17) is 0 Å². The Morgan fingerprint density at radius 3 is 2.68 bits per heavy atom. The molecule has 0 aromatic carbocycles. The Morgan fingerprint density at radius 1 is 1.32 bits per heavy atom. The van der Waals surface area contributed by atoms with E-state index in [0.717, 1.165) is 6.54 Å². The molecule has 0 radical (unpaired) electrons. The van der Waals surface area contributed by atoms with Crippen molar-refractivity contribution in [3.8, 4) is 0 Å². The van der Waals surface area contributed by atoms with Gasteiger partial charge in [0.05, 0.1) is 5.92 Å². The monoisotopic (exact) mass is 307 g/mol. The van der Waals surface area contributed by atoms with Crippen LogP contribution in [0.4, 0.5) is 0 Å². The molecule has 0 bridgehead atoms. The molecule has 2 amide bonds. The van der Waals surface area contributed by atoms with Crippen LogP contribution in [-0.4, -0.2) is 71.7 Å². The lowest BCUT2D eigenvalue weighted by Gasteiger charge is -2.24. The molecule has 1 N–H and O–H groups in total. The molecule has 0 saturated carbocycles. The number of rotatable bonds is 3. The number of nitrogens with zero attached hydrogens (tertiary/aromatic N) is 4. The number of hydrogen-bond donors (Lipinski definition) is 1. The summed E-state index contributed by atoms with van der Waals surface area (Å²) in [7, 11) is 3.61. The van der Waals surface area contributed by atoms with Gasteiger partial charge in [0.15, 0.2) is 0 Å². The molecular weight excluding hydrogens is 282 g/mol. The molecule has 7 heteroatoms. The van der Waals surface area contributed by atoms with Crippen molar-refractivity contribution in [1.82, 2.24) is 24.9 Å². The first-order chi connectivity index (χ1) is 10.4. The lowest BCUT2D eigenvalue weighted by Crippen LogP contribution is -2.42. The zero-order valence-corrected chi connectivity index (χ0v) is 13.7. The smallest absolute Gasteiger partial charge is 0.272 e. The molecule has 2 rings (SSSR count). The van der Waals surface area contributed by atoms with E-state index in [1.165, 1.54) is 0 Å². The topological polar surface area (TPSA) is 70.5 Å². The molecule has 7 nitrogen and oxygen atoms in total. The van der Waals surface area contributed by atoms with Gasteiger partial charge in [0, 0.05) is 45.5 Å². The Kier molecular flexibility index (Phi) is 5.18. The van der Waals surface area contributed by atoms with E-state index < -0.39 is 0 Å². The molecular formula is C15H25N5O2. The van der Waals surface area contributed by atoms with Crippen molar-refractivity contribution >= 4 is 11.8 Å². The van der Waals surface area contributed by atoms with Gasteiger partial charge < -0.3 is 15.1 Å². The van der Waals surface area contributed by atoms with Gasteiger partial charge in [0.1, 0.15) is 5.69 Å². The van der Waals surface area contributed by atoms with Crippen LogP contribution in [0, 0.1) is 5.92 Å². The lowest BCUT2D eigenvalue weighted by molar-refractivity contribution is -0.125. The third kappa shape index (κ3) is 3.47. The van der Waals surface area contributed by atoms with Gasteiger partial charge in [-0.05, 0) is 27.0 Å². The van der Waals surface area contributed by atoms with Crippen LogP contribution in [0.5, 0.6) is 0 Å². The normalized spacial score (nSPS) is 20.0. The van der Waals surface area contributed by atoms with E-state index in [1.807, 2.05) is 20.9 Å². The van der Waals surface area contributed by atoms with Crippen molar-refractivity contribution in [2.24, 2.45) is 5.92 Å². The number of carbonyl (C=O) groups excluding carboxylic acids is 2. The second-order valence-electron chi connectivity index (χ2n) is 6.08. The summed E-state index contributed by atoms with van der Waals surface area (Å²) < 4.78 is 1.73. The summed E-state index contributed by atoms with van der Waals surface area (Å²) in [5, 5.41) is 6.91. The van der Waals surface area contributed by atoms with Crippen molar-refractivity contribution in [2.45, 2.75) is 19.9 Å². The van der Waals surface area contributed by atoms with E-state index in [9.17, 15) is 9.59 Å². The number of carbonyl (C=O) groups is 2. The maximum absolute atomic E-state index is 12.8. The molecule has 1 saturated heterocycles. The first kappa shape index (κ1) is 16.5. The van der Waals surface area contributed by atoms with Gasteiger partial charge in [-0.1, -0.05) is 0 Å².